The molecule has 106 valence electrons. The van der Waals surface area contributed by atoms with E-state index in [-0.39, 0.29) is 17.6 Å². The van der Waals surface area contributed by atoms with Crippen LogP contribution in [-0.2, 0) is 4.74 Å². The smallest absolute Gasteiger partial charge is 0.128 e. The van der Waals surface area contributed by atoms with Crippen molar-refractivity contribution in [1.29, 1.82) is 0 Å². The van der Waals surface area contributed by atoms with E-state index in [2.05, 4.69) is 39.0 Å². The minimum atomic E-state index is 0.0220. The van der Waals surface area contributed by atoms with E-state index < -0.39 is 0 Å². The average Bonchev–Trinajstić information content (AvgIpc) is 2.37. The molecule has 3 heteroatoms. The largest absolute Gasteiger partial charge is 0.487 e. The molecule has 0 bridgehead atoms. The fraction of sp³-hybridized carbons (Fsp3) is 0.625. The van der Waals surface area contributed by atoms with E-state index in [0.717, 1.165) is 17.7 Å². The van der Waals surface area contributed by atoms with Gasteiger partial charge in [-0.2, -0.15) is 0 Å². The molecular weight excluding hydrogens is 260 g/mol. The van der Waals surface area contributed by atoms with E-state index in [4.69, 9.17) is 21.1 Å². The maximum absolute atomic E-state index is 6.17. The Hall–Kier alpha value is -0.730. The number of hydrogen-bond acceptors (Lipinski definition) is 2. The molecular formula is C16H23ClO2. The third kappa shape index (κ3) is 3.24. The van der Waals surface area contributed by atoms with Gasteiger partial charge in [-0.3, -0.25) is 0 Å². The normalized spacial score (nSPS) is 26.3. The van der Waals surface area contributed by atoms with E-state index >= 15 is 0 Å². The van der Waals surface area contributed by atoms with Crippen molar-refractivity contribution in [3.8, 4) is 5.75 Å². The second-order valence-electron chi connectivity index (χ2n) is 5.51. The van der Waals surface area contributed by atoms with Crippen LogP contribution in [0.2, 0.25) is 0 Å². The van der Waals surface area contributed by atoms with Crippen LogP contribution >= 0.6 is 11.6 Å². The zero-order valence-corrected chi connectivity index (χ0v) is 12.9. The summed E-state index contributed by atoms with van der Waals surface area (Å²) in [7, 11) is 0. The minimum Gasteiger partial charge on any atom is -0.487 e. The Bertz CT molecular complexity index is 431. The molecule has 0 aliphatic heterocycles. The number of rotatable bonds is 5. The number of benzene rings is 1. The lowest BCUT2D eigenvalue weighted by Crippen LogP contribution is -2.52. The lowest BCUT2D eigenvalue weighted by molar-refractivity contribution is -0.0761. The Labute approximate surface area is 121 Å². The maximum Gasteiger partial charge on any atom is 0.128 e. The second kappa shape index (κ2) is 6.15. The first-order valence-corrected chi connectivity index (χ1v) is 7.49. The molecule has 1 fully saturated rings. The van der Waals surface area contributed by atoms with Crippen LogP contribution in [0.4, 0.5) is 0 Å². The summed E-state index contributed by atoms with van der Waals surface area (Å²) in [4.78, 5) is 0. The van der Waals surface area contributed by atoms with Crippen LogP contribution in [0.25, 0.3) is 0 Å². The van der Waals surface area contributed by atoms with Crippen molar-refractivity contribution >= 4 is 11.6 Å². The van der Waals surface area contributed by atoms with Gasteiger partial charge in [0.1, 0.15) is 18.0 Å². The molecule has 0 spiro atoms. The summed E-state index contributed by atoms with van der Waals surface area (Å²) >= 11 is 6.17. The predicted octanol–water partition coefficient (Wildman–Crippen LogP) is 4.28. The Morgan fingerprint density at radius 3 is 2.68 bits per heavy atom. The first-order valence-electron chi connectivity index (χ1n) is 7.05. The van der Waals surface area contributed by atoms with Gasteiger partial charge in [-0.1, -0.05) is 26.0 Å². The first kappa shape index (κ1) is 14.7. The summed E-state index contributed by atoms with van der Waals surface area (Å²) in [5.74, 6) is 1.47. The fourth-order valence-corrected chi connectivity index (χ4v) is 2.72. The van der Waals surface area contributed by atoms with Gasteiger partial charge < -0.3 is 9.47 Å². The summed E-state index contributed by atoms with van der Waals surface area (Å²) in [5.41, 5.74) is 2.47. The summed E-state index contributed by atoms with van der Waals surface area (Å²) in [5, 5.41) is 0.0820. The van der Waals surface area contributed by atoms with Crippen molar-refractivity contribution in [2.24, 2.45) is 0 Å². The summed E-state index contributed by atoms with van der Waals surface area (Å²) < 4.78 is 11.7. The highest BCUT2D eigenvalue weighted by Crippen LogP contribution is 2.34. The van der Waals surface area contributed by atoms with Crippen LogP contribution in [0.3, 0.4) is 0 Å². The van der Waals surface area contributed by atoms with E-state index in [1.54, 1.807) is 0 Å². The first-order chi connectivity index (χ1) is 9.02. The second-order valence-corrected chi connectivity index (χ2v) is 6.07. The molecule has 1 aromatic carbocycles. The van der Waals surface area contributed by atoms with Crippen molar-refractivity contribution in [3.63, 3.8) is 0 Å². The zero-order chi connectivity index (χ0) is 14.0. The molecule has 0 heterocycles. The Morgan fingerprint density at radius 2 is 2.11 bits per heavy atom. The Morgan fingerprint density at radius 1 is 1.37 bits per heavy atom. The van der Waals surface area contributed by atoms with Gasteiger partial charge in [0.2, 0.25) is 0 Å². The van der Waals surface area contributed by atoms with Gasteiger partial charge in [-0.25, -0.2) is 0 Å². The molecule has 0 aromatic heterocycles. The molecule has 0 radical (unpaired) electrons. The monoisotopic (exact) mass is 282 g/mol. The summed E-state index contributed by atoms with van der Waals surface area (Å²) in [6.45, 7) is 9.12. The molecule has 1 aromatic rings. The van der Waals surface area contributed by atoms with Crippen LogP contribution in [0, 0.1) is 6.92 Å². The number of ether oxygens (including phenoxy) is 2. The molecule has 3 unspecified atom stereocenters. The van der Waals surface area contributed by atoms with Gasteiger partial charge in [0, 0.05) is 13.0 Å². The van der Waals surface area contributed by atoms with Gasteiger partial charge >= 0.3 is 0 Å². The van der Waals surface area contributed by atoms with Crippen LogP contribution in [0.15, 0.2) is 18.2 Å². The predicted molar refractivity (Wildman–Crippen MR) is 79.4 cm³/mol. The van der Waals surface area contributed by atoms with Crippen molar-refractivity contribution in [2.45, 2.75) is 57.6 Å². The minimum absolute atomic E-state index is 0.0220. The van der Waals surface area contributed by atoms with Crippen molar-refractivity contribution in [3.05, 3.63) is 29.3 Å². The van der Waals surface area contributed by atoms with Gasteiger partial charge in [0.25, 0.3) is 0 Å². The highest BCUT2D eigenvalue weighted by Gasteiger charge is 2.42. The van der Waals surface area contributed by atoms with E-state index in [1.165, 1.54) is 5.56 Å². The highest BCUT2D eigenvalue weighted by atomic mass is 35.5. The van der Waals surface area contributed by atoms with Crippen molar-refractivity contribution in [2.75, 3.05) is 6.61 Å². The lowest BCUT2D eigenvalue weighted by atomic mass is 9.90. The molecule has 2 rings (SSSR count). The van der Waals surface area contributed by atoms with E-state index in [1.807, 2.05) is 6.92 Å². The zero-order valence-electron chi connectivity index (χ0n) is 12.2. The average molecular weight is 283 g/mol. The lowest BCUT2D eigenvalue weighted by Gasteiger charge is -2.40. The molecule has 1 aliphatic carbocycles. The SMILES string of the molecule is CCOC1C(Cl)CC1Oc1cc(C(C)C)ccc1C. The Kier molecular flexibility index (Phi) is 4.75. The fourth-order valence-electron chi connectivity index (χ4n) is 2.31. The third-order valence-electron chi connectivity index (χ3n) is 3.70. The van der Waals surface area contributed by atoms with E-state index in [0.29, 0.717) is 12.5 Å². The van der Waals surface area contributed by atoms with Crippen LogP contribution in [0.1, 0.15) is 44.2 Å². The summed E-state index contributed by atoms with van der Waals surface area (Å²) in [6.07, 6.45) is 0.967. The molecule has 2 nitrogen and oxygen atoms in total. The molecule has 3 atom stereocenters. The van der Waals surface area contributed by atoms with Crippen LogP contribution < -0.4 is 4.74 Å². The quantitative estimate of drug-likeness (QED) is 0.751. The van der Waals surface area contributed by atoms with Gasteiger partial charge in [-0.15, -0.1) is 11.6 Å². The van der Waals surface area contributed by atoms with Crippen molar-refractivity contribution in [1.82, 2.24) is 0 Å². The maximum atomic E-state index is 6.17. The van der Waals surface area contributed by atoms with Crippen LogP contribution in [0.5, 0.6) is 5.75 Å². The van der Waals surface area contributed by atoms with Gasteiger partial charge in [-0.05, 0) is 37.0 Å². The Balaban J connectivity index is 2.08. The molecule has 1 aliphatic rings. The number of hydrogen-bond donors (Lipinski definition) is 0. The van der Waals surface area contributed by atoms with Crippen molar-refractivity contribution < 1.29 is 9.47 Å². The molecule has 19 heavy (non-hydrogen) atoms. The summed E-state index contributed by atoms with van der Waals surface area (Å²) in [6, 6.07) is 6.43. The van der Waals surface area contributed by atoms with E-state index in [9.17, 15) is 0 Å². The molecule has 1 saturated carbocycles. The number of alkyl halides is 1. The third-order valence-corrected chi connectivity index (χ3v) is 4.12. The number of halogens is 1. The molecule has 0 amide bonds. The highest BCUT2D eigenvalue weighted by molar-refractivity contribution is 6.21. The van der Waals surface area contributed by atoms with Gasteiger partial charge in [0.05, 0.1) is 5.38 Å². The molecule has 0 saturated heterocycles. The topological polar surface area (TPSA) is 18.5 Å². The standard InChI is InChI=1S/C16H23ClO2/c1-5-18-16-13(17)9-15(16)19-14-8-12(10(2)3)7-6-11(14)4/h6-8,10,13,15-16H,5,9H2,1-4H3. The number of aryl methyl sites for hydroxylation is 1. The van der Waals surface area contributed by atoms with Crippen LogP contribution in [-0.4, -0.2) is 24.2 Å². The van der Waals surface area contributed by atoms with Gasteiger partial charge in [0.15, 0.2) is 0 Å². The molecule has 0 N–H and O–H groups in total.